The Bertz CT molecular complexity index is 484. The highest BCUT2D eigenvalue weighted by atomic mass is 28.1. The minimum atomic E-state index is -0.580. The number of aromatic nitrogens is 6. The van der Waals surface area contributed by atoms with Gasteiger partial charge in [0.1, 0.15) is 0 Å². The monoisotopic (exact) mass is 241 g/mol. The highest BCUT2D eigenvalue weighted by Gasteiger charge is 2.35. The summed E-state index contributed by atoms with van der Waals surface area (Å²) >= 11 is 0. The van der Waals surface area contributed by atoms with Crippen molar-refractivity contribution in [1.82, 2.24) is 30.6 Å². The van der Waals surface area contributed by atoms with Crippen LogP contribution in [0, 0.1) is 0 Å². The van der Waals surface area contributed by atoms with Crippen molar-refractivity contribution in [3.05, 3.63) is 53.9 Å². The summed E-state index contributed by atoms with van der Waals surface area (Å²) in [6.07, 6.45) is 5.12. The van der Waals surface area contributed by atoms with Gasteiger partial charge < -0.3 is 0 Å². The van der Waals surface area contributed by atoms with E-state index in [-0.39, 0.29) is 0 Å². The van der Waals surface area contributed by atoms with Gasteiger partial charge in [-0.25, -0.2) is 0 Å². The maximum Gasteiger partial charge on any atom is 0.0792 e. The van der Waals surface area contributed by atoms with Gasteiger partial charge in [0.05, 0.1) is 15.3 Å². The summed E-state index contributed by atoms with van der Waals surface area (Å²) in [6.45, 7) is 0. The number of nitrogens with one attached hydrogen (secondary N) is 3. The van der Waals surface area contributed by atoms with Gasteiger partial charge in [0.25, 0.3) is 0 Å². The summed E-state index contributed by atoms with van der Waals surface area (Å²) in [6, 6.07) is 5.69. The molecule has 6 nitrogen and oxygen atoms in total. The summed E-state index contributed by atoms with van der Waals surface area (Å²) in [7, 11) is 3.79. The van der Waals surface area contributed by atoms with Crippen LogP contribution in [0.5, 0.6) is 0 Å². The van der Waals surface area contributed by atoms with E-state index in [0.717, 1.165) is 17.1 Å². The summed E-state index contributed by atoms with van der Waals surface area (Å²) in [4.78, 5) is 0. The third kappa shape index (κ3) is 1.43. The van der Waals surface area contributed by atoms with Gasteiger partial charge in [0.2, 0.25) is 0 Å². The molecule has 0 aromatic carbocycles. The number of H-pyrrole nitrogens is 3. The second-order valence-electron chi connectivity index (χ2n) is 3.66. The van der Waals surface area contributed by atoms with E-state index in [1.54, 1.807) is 18.6 Å². The quantitative estimate of drug-likeness (QED) is 0.577. The van der Waals surface area contributed by atoms with E-state index < -0.39 is 5.04 Å². The predicted octanol–water partition coefficient (Wildman–Crippen LogP) is 0.316. The Hall–Kier alpha value is -2.15. The van der Waals surface area contributed by atoms with Crippen molar-refractivity contribution in [3.8, 4) is 0 Å². The van der Waals surface area contributed by atoms with Crippen LogP contribution in [0.15, 0.2) is 36.8 Å². The van der Waals surface area contributed by atoms with Gasteiger partial charge in [-0.1, -0.05) is 0 Å². The molecule has 0 amide bonds. The average molecular weight is 241 g/mol. The molecule has 3 aromatic heterocycles. The molecule has 0 aliphatic carbocycles. The Kier molecular flexibility index (Phi) is 2.18. The zero-order chi connectivity index (χ0) is 11.7. The molecule has 17 heavy (non-hydrogen) atoms. The van der Waals surface area contributed by atoms with E-state index in [0.29, 0.717) is 0 Å². The van der Waals surface area contributed by atoms with Gasteiger partial charge in [0.15, 0.2) is 0 Å². The van der Waals surface area contributed by atoms with Crippen LogP contribution >= 0.6 is 0 Å². The Morgan fingerprint density at radius 3 is 1.35 bits per heavy atom. The van der Waals surface area contributed by atoms with Crippen LogP contribution in [0.25, 0.3) is 0 Å². The number of aromatic amines is 3. The maximum absolute atomic E-state index is 3.98. The molecule has 0 atom stereocenters. The third-order valence-corrected chi connectivity index (χ3v) is 3.52. The molecule has 0 saturated carbocycles. The molecule has 0 spiro atoms. The first-order valence-corrected chi connectivity index (χ1v) is 5.56. The molecule has 0 aliphatic rings. The minimum Gasteiger partial charge on any atom is -0.282 e. The highest BCUT2D eigenvalue weighted by Crippen LogP contribution is 2.31. The Balaban J connectivity index is 2.21. The summed E-state index contributed by atoms with van der Waals surface area (Å²) in [5.74, 6) is 0. The Morgan fingerprint density at radius 2 is 1.12 bits per heavy atom. The average Bonchev–Trinajstić information content (AvgIpc) is 3.10. The lowest BCUT2D eigenvalue weighted by molar-refractivity contribution is 0.744. The van der Waals surface area contributed by atoms with Crippen molar-refractivity contribution in [2.75, 3.05) is 0 Å². The Morgan fingerprint density at radius 1 is 0.765 bits per heavy atom. The van der Waals surface area contributed by atoms with E-state index in [9.17, 15) is 0 Å². The normalized spacial score (nSPS) is 11.8. The van der Waals surface area contributed by atoms with Gasteiger partial charge in [0, 0.05) is 35.7 Å². The smallest absolute Gasteiger partial charge is 0.0792 e. The first-order chi connectivity index (χ1) is 8.32. The lowest BCUT2D eigenvalue weighted by Crippen LogP contribution is -2.31. The van der Waals surface area contributed by atoms with Crippen LogP contribution in [0.2, 0.25) is 0 Å². The molecule has 3 heterocycles. The highest BCUT2D eigenvalue weighted by molar-refractivity contribution is 6.19. The molecule has 83 valence electrons. The molecule has 0 bridgehead atoms. The number of hydrogen-bond acceptors (Lipinski definition) is 3. The summed E-state index contributed by atoms with van der Waals surface area (Å²) < 4.78 is 0. The number of nitrogens with zero attached hydrogens (tertiary/aromatic N) is 3. The lowest BCUT2D eigenvalue weighted by Gasteiger charge is -2.25. The predicted molar refractivity (Wildman–Crippen MR) is 61.4 cm³/mol. The Labute approximate surface area is 100 Å². The summed E-state index contributed by atoms with van der Waals surface area (Å²) in [5, 5.41) is 20.3. The number of hydrogen-bond donors (Lipinski definition) is 3. The second-order valence-corrected chi connectivity index (χ2v) is 4.41. The fourth-order valence-corrected chi connectivity index (χ4v) is 2.25. The van der Waals surface area contributed by atoms with Gasteiger partial charge in [-0.2, -0.15) is 15.3 Å². The van der Waals surface area contributed by atoms with Crippen molar-refractivity contribution < 1.29 is 0 Å². The molecule has 7 heteroatoms. The first-order valence-electron chi connectivity index (χ1n) is 5.06. The summed E-state index contributed by atoms with van der Waals surface area (Å²) in [5.41, 5.74) is 2.67. The van der Waals surface area contributed by atoms with Gasteiger partial charge in [-0.05, 0) is 18.2 Å². The molecular formula is C10H9N6Si. The van der Waals surface area contributed by atoms with Gasteiger partial charge >= 0.3 is 0 Å². The third-order valence-electron chi connectivity index (χ3n) is 2.71. The van der Waals surface area contributed by atoms with E-state index in [2.05, 4.69) is 40.8 Å². The maximum atomic E-state index is 3.98. The fourth-order valence-electron chi connectivity index (χ4n) is 1.83. The van der Waals surface area contributed by atoms with Crippen LogP contribution in [-0.4, -0.2) is 40.8 Å². The van der Waals surface area contributed by atoms with Crippen molar-refractivity contribution in [3.63, 3.8) is 0 Å². The van der Waals surface area contributed by atoms with Gasteiger partial charge in [-0.15, -0.1) is 0 Å². The van der Waals surface area contributed by atoms with Crippen molar-refractivity contribution >= 4 is 10.2 Å². The molecular weight excluding hydrogens is 232 g/mol. The zero-order valence-corrected chi connectivity index (χ0v) is 9.81. The molecule has 0 fully saturated rings. The largest absolute Gasteiger partial charge is 0.282 e. The van der Waals surface area contributed by atoms with E-state index in [1.807, 2.05) is 18.2 Å². The molecule has 0 unspecified atom stereocenters. The molecule has 3 N–H and O–H groups in total. The van der Waals surface area contributed by atoms with Crippen molar-refractivity contribution in [2.45, 2.75) is 5.04 Å². The second kappa shape index (κ2) is 3.70. The molecule has 3 radical (unpaired) electrons. The molecule has 0 aliphatic heterocycles. The first kappa shape index (κ1) is 10.0. The van der Waals surface area contributed by atoms with Crippen LogP contribution < -0.4 is 0 Å². The molecule has 3 aromatic rings. The fraction of sp³-hybridized carbons (Fsp3) is 0.100. The molecule has 3 rings (SSSR count). The van der Waals surface area contributed by atoms with Crippen LogP contribution in [0.3, 0.4) is 0 Å². The lowest BCUT2D eigenvalue weighted by atomic mass is 9.96. The number of rotatable bonds is 3. The van der Waals surface area contributed by atoms with E-state index in [1.165, 1.54) is 0 Å². The van der Waals surface area contributed by atoms with Crippen molar-refractivity contribution in [2.24, 2.45) is 0 Å². The zero-order valence-electron chi connectivity index (χ0n) is 8.81. The SMILES string of the molecule is [Si]C(c1ccn[nH]1)(c1ccn[nH]1)c1ccn[nH]1. The van der Waals surface area contributed by atoms with E-state index >= 15 is 0 Å². The molecule has 0 saturated heterocycles. The van der Waals surface area contributed by atoms with Crippen LogP contribution in [-0.2, 0) is 5.04 Å². The van der Waals surface area contributed by atoms with Crippen LogP contribution in [0.4, 0.5) is 0 Å². The van der Waals surface area contributed by atoms with E-state index in [4.69, 9.17) is 0 Å². The minimum absolute atomic E-state index is 0.580. The van der Waals surface area contributed by atoms with Crippen molar-refractivity contribution in [1.29, 1.82) is 0 Å². The topological polar surface area (TPSA) is 86.0 Å². The van der Waals surface area contributed by atoms with Gasteiger partial charge in [-0.3, -0.25) is 15.3 Å². The standard InChI is InChI=1S/C10H9N6Si/c17-10(7-1-4-11-14-7,8-2-5-12-15-8)9-3-6-13-16-9/h1-6H,(H,11,14)(H,12,15)(H,13,16). The van der Waals surface area contributed by atoms with Crippen LogP contribution in [0.1, 0.15) is 17.1 Å².